The molecule has 1 heterocycles. The summed E-state index contributed by atoms with van der Waals surface area (Å²) >= 11 is 16.0. The van der Waals surface area contributed by atoms with Gasteiger partial charge in [-0.2, -0.15) is 0 Å². The van der Waals surface area contributed by atoms with Gasteiger partial charge in [-0.1, -0.05) is 29.3 Å². The molecule has 2 aromatic carbocycles. The molecule has 0 unspecified atom stereocenters. The van der Waals surface area contributed by atoms with Crippen LogP contribution in [-0.4, -0.2) is 30.6 Å². The van der Waals surface area contributed by atoms with Crippen molar-refractivity contribution in [1.82, 2.24) is 4.90 Å². The van der Waals surface area contributed by atoms with Crippen molar-refractivity contribution in [2.24, 2.45) is 0 Å². The third-order valence-corrected chi connectivity index (χ3v) is 8.39. The number of ether oxygens (including phenoxy) is 2. The van der Waals surface area contributed by atoms with Crippen molar-refractivity contribution in [1.29, 1.82) is 0 Å². The minimum atomic E-state index is -0.406. The Labute approximate surface area is 229 Å². The molecule has 8 heteroatoms. The van der Waals surface area contributed by atoms with Crippen molar-refractivity contribution in [3.8, 4) is 11.5 Å². The van der Waals surface area contributed by atoms with Crippen LogP contribution in [0.2, 0.25) is 10.0 Å². The number of benzene rings is 2. The molecule has 0 saturated heterocycles. The molecule has 2 aliphatic carbocycles. The van der Waals surface area contributed by atoms with E-state index < -0.39 is 5.92 Å². The average Bonchev–Trinajstić information content (AvgIpc) is 2.85. The lowest BCUT2D eigenvalue weighted by Crippen LogP contribution is -2.37. The van der Waals surface area contributed by atoms with Gasteiger partial charge in [0.1, 0.15) is 6.61 Å². The van der Waals surface area contributed by atoms with Gasteiger partial charge in [0.05, 0.1) is 11.6 Å². The number of carbonyl (C=O) groups excluding carboxylic acids is 2. The van der Waals surface area contributed by atoms with Crippen LogP contribution in [0.4, 0.5) is 0 Å². The second kappa shape index (κ2) is 10.2. The lowest BCUT2D eigenvalue weighted by atomic mass is 9.71. The van der Waals surface area contributed by atoms with E-state index in [1.165, 1.54) is 0 Å². The van der Waals surface area contributed by atoms with Crippen molar-refractivity contribution >= 4 is 50.7 Å². The first-order valence-electron chi connectivity index (χ1n) is 12.0. The summed E-state index contributed by atoms with van der Waals surface area (Å²) in [6.07, 6.45) is 4.33. The van der Waals surface area contributed by atoms with Crippen LogP contribution < -0.4 is 9.47 Å². The van der Waals surface area contributed by atoms with Gasteiger partial charge >= 0.3 is 0 Å². The van der Waals surface area contributed by atoms with Gasteiger partial charge in [-0.15, -0.1) is 0 Å². The first kappa shape index (κ1) is 25.4. The van der Waals surface area contributed by atoms with Gasteiger partial charge < -0.3 is 14.4 Å². The first-order valence-corrected chi connectivity index (χ1v) is 13.6. The van der Waals surface area contributed by atoms with Gasteiger partial charge in [0.25, 0.3) is 0 Å². The number of hydrogen-bond acceptors (Lipinski definition) is 5. The predicted molar refractivity (Wildman–Crippen MR) is 144 cm³/mol. The van der Waals surface area contributed by atoms with E-state index in [-0.39, 0.29) is 18.2 Å². The maximum Gasteiger partial charge on any atom is 0.175 e. The monoisotopic (exact) mass is 589 g/mol. The minimum Gasteiger partial charge on any atom is -0.493 e. The summed E-state index contributed by atoms with van der Waals surface area (Å²) in [5.74, 6) is 0.862. The Hall–Kier alpha value is -2.28. The van der Waals surface area contributed by atoms with Crippen molar-refractivity contribution in [3.05, 3.63) is 78.5 Å². The molecule has 5 rings (SSSR count). The van der Waals surface area contributed by atoms with E-state index >= 15 is 0 Å². The Morgan fingerprint density at radius 3 is 2.19 bits per heavy atom. The number of nitrogens with zero attached hydrogens (tertiary/aromatic N) is 1. The summed E-state index contributed by atoms with van der Waals surface area (Å²) in [7, 11) is 3.57. The number of hydrogen-bond donors (Lipinski definition) is 0. The third-order valence-electron chi connectivity index (χ3n) is 7.22. The Bertz CT molecular complexity index is 1290. The molecule has 0 radical (unpaired) electrons. The Morgan fingerprint density at radius 2 is 1.61 bits per heavy atom. The maximum absolute atomic E-state index is 13.3. The number of methoxy groups -OCH3 is 1. The van der Waals surface area contributed by atoms with Crippen molar-refractivity contribution in [2.75, 3.05) is 14.2 Å². The highest BCUT2D eigenvalue weighted by Gasteiger charge is 2.42. The molecule has 3 aliphatic rings. The van der Waals surface area contributed by atoms with Gasteiger partial charge in [-0.05, 0) is 71.4 Å². The fourth-order valence-corrected chi connectivity index (χ4v) is 6.56. The molecule has 0 fully saturated rings. The highest BCUT2D eigenvalue weighted by atomic mass is 79.9. The molecule has 36 heavy (non-hydrogen) atoms. The lowest BCUT2D eigenvalue weighted by Gasteiger charge is -2.42. The van der Waals surface area contributed by atoms with Gasteiger partial charge in [0.15, 0.2) is 23.1 Å². The van der Waals surface area contributed by atoms with Crippen LogP contribution >= 0.6 is 39.1 Å². The van der Waals surface area contributed by atoms with Crippen molar-refractivity contribution in [2.45, 2.75) is 51.0 Å². The van der Waals surface area contributed by atoms with E-state index in [0.717, 1.165) is 59.4 Å². The lowest BCUT2D eigenvalue weighted by molar-refractivity contribution is -0.117. The molecule has 0 aromatic heterocycles. The number of allylic oxidation sites excluding steroid dienone is 4. The molecule has 0 amide bonds. The normalized spacial score (nSPS) is 18.4. The highest BCUT2D eigenvalue weighted by molar-refractivity contribution is 9.10. The topological polar surface area (TPSA) is 55.8 Å². The van der Waals surface area contributed by atoms with E-state index in [1.54, 1.807) is 19.2 Å². The van der Waals surface area contributed by atoms with Crippen LogP contribution in [0.3, 0.4) is 0 Å². The summed E-state index contributed by atoms with van der Waals surface area (Å²) in [5, 5.41) is 1.08. The summed E-state index contributed by atoms with van der Waals surface area (Å²) in [4.78, 5) is 28.6. The van der Waals surface area contributed by atoms with Crippen LogP contribution in [-0.2, 0) is 16.2 Å². The summed E-state index contributed by atoms with van der Waals surface area (Å²) in [6.45, 7) is 0.222. The van der Waals surface area contributed by atoms with E-state index in [1.807, 2.05) is 25.2 Å². The fourth-order valence-electron chi connectivity index (χ4n) is 5.52. The molecule has 0 bridgehead atoms. The predicted octanol–water partition coefficient (Wildman–Crippen LogP) is 7.39. The zero-order valence-electron chi connectivity index (χ0n) is 20.1. The van der Waals surface area contributed by atoms with Gasteiger partial charge in [0.2, 0.25) is 0 Å². The Balaban J connectivity index is 1.57. The Kier molecular flexibility index (Phi) is 7.21. The average molecular weight is 591 g/mol. The second-order valence-corrected chi connectivity index (χ2v) is 11.0. The molecule has 0 N–H and O–H groups in total. The zero-order chi connectivity index (χ0) is 25.6. The molecule has 2 aromatic rings. The van der Waals surface area contributed by atoms with E-state index in [0.29, 0.717) is 38.9 Å². The van der Waals surface area contributed by atoms with Crippen molar-refractivity contribution < 1.29 is 19.1 Å². The Morgan fingerprint density at radius 1 is 0.972 bits per heavy atom. The molecule has 0 atom stereocenters. The number of Topliss-reactive ketones (excluding diaryl/α,β-unsaturated/α-hetero) is 2. The number of halogens is 3. The molecule has 0 spiro atoms. The van der Waals surface area contributed by atoms with Crippen LogP contribution in [0.1, 0.15) is 55.6 Å². The zero-order valence-corrected chi connectivity index (χ0v) is 23.2. The number of carbonyl (C=O) groups is 2. The second-order valence-electron chi connectivity index (χ2n) is 9.32. The first-order chi connectivity index (χ1) is 17.3. The molecule has 188 valence electrons. The standard InChI is InChI=1S/C28H26BrCl2NO4/c1-32-20-5-3-7-22(33)26(20)25(27-21(32)6-4-8-23(27)34)16-11-18(29)28(24(12-16)35-2)36-14-15-9-10-17(30)13-19(15)31/h9-13,25H,3-8,14H2,1-2H3. The summed E-state index contributed by atoms with van der Waals surface area (Å²) in [5.41, 5.74) is 5.20. The quantitative estimate of drug-likeness (QED) is 0.363. The smallest absolute Gasteiger partial charge is 0.175 e. The number of ketones is 2. The van der Waals surface area contributed by atoms with Crippen LogP contribution in [0, 0.1) is 0 Å². The largest absolute Gasteiger partial charge is 0.493 e. The van der Waals surface area contributed by atoms with Crippen LogP contribution in [0.25, 0.3) is 0 Å². The van der Waals surface area contributed by atoms with Crippen LogP contribution in [0.15, 0.2) is 57.3 Å². The molecule has 1 aliphatic heterocycles. The molecule has 0 saturated carbocycles. The van der Waals surface area contributed by atoms with Gasteiger partial charge in [0, 0.05) is 64.0 Å². The minimum absolute atomic E-state index is 0.116. The molecular weight excluding hydrogens is 565 g/mol. The molecule has 5 nitrogen and oxygen atoms in total. The maximum atomic E-state index is 13.3. The van der Waals surface area contributed by atoms with Crippen molar-refractivity contribution in [3.63, 3.8) is 0 Å². The van der Waals surface area contributed by atoms with E-state index in [9.17, 15) is 9.59 Å². The van der Waals surface area contributed by atoms with Gasteiger partial charge in [-0.25, -0.2) is 0 Å². The van der Waals surface area contributed by atoms with Gasteiger partial charge in [-0.3, -0.25) is 9.59 Å². The van der Waals surface area contributed by atoms with Crippen LogP contribution in [0.5, 0.6) is 11.5 Å². The SMILES string of the molecule is COc1cc(C2C3=C(CCCC3=O)N(C)C3=C2C(=O)CCC3)cc(Br)c1OCc1ccc(Cl)cc1Cl. The fraction of sp³-hybridized carbons (Fsp3) is 0.357. The summed E-state index contributed by atoms with van der Waals surface area (Å²) in [6, 6.07) is 9.09. The third kappa shape index (κ3) is 4.48. The molecular formula is C28H26BrCl2NO4. The van der Waals surface area contributed by atoms with E-state index in [4.69, 9.17) is 32.7 Å². The summed E-state index contributed by atoms with van der Waals surface area (Å²) < 4.78 is 12.5. The van der Waals surface area contributed by atoms with E-state index in [2.05, 4.69) is 20.8 Å². The number of rotatable bonds is 5. The highest BCUT2D eigenvalue weighted by Crippen LogP contribution is 2.50.